The van der Waals surface area contributed by atoms with Crippen LogP contribution in [0.4, 0.5) is 0 Å². The molecule has 0 aliphatic rings. The summed E-state index contributed by atoms with van der Waals surface area (Å²) in [6, 6.07) is 27.3. The van der Waals surface area contributed by atoms with Crippen molar-refractivity contribution in [3.8, 4) is 0 Å². The molecule has 124 valence electrons. The Hall–Kier alpha value is -2.16. The summed E-state index contributed by atoms with van der Waals surface area (Å²) in [6.07, 6.45) is 2.27. The number of hydrogen-bond acceptors (Lipinski definition) is 1. The first-order chi connectivity index (χ1) is 12.3. The molecule has 1 aromatic heterocycles. The minimum Gasteiger partial charge on any atom is -0.342 e. The van der Waals surface area contributed by atoms with E-state index in [4.69, 9.17) is 11.6 Å². The van der Waals surface area contributed by atoms with Crippen LogP contribution in [-0.4, -0.2) is 4.57 Å². The summed E-state index contributed by atoms with van der Waals surface area (Å²) in [7, 11) is 0. The fraction of sp³-hybridized carbons (Fsp3) is 0.0909. The van der Waals surface area contributed by atoms with Crippen LogP contribution in [0.2, 0.25) is 5.02 Å². The van der Waals surface area contributed by atoms with E-state index in [9.17, 15) is 0 Å². The van der Waals surface area contributed by atoms with Crippen LogP contribution in [0.15, 0.2) is 90.0 Å². The topological polar surface area (TPSA) is 4.93 Å². The van der Waals surface area contributed by atoms with Crippen LogP contribution < -0.4 is 0 Å². The van der Waals surface area contributed by atoms with Gasteiger partial charge in [0.25, 0.3) is 0 Å². The van der Waals surface area contributed by atoms with Gasteiger partial charge < -0.3 is 4.57 Å². The molecule has 3 aromatic carbocycles. The Labute approximate surface area is 157 Å². The molecule has 0 atom stereocenters. The molecule has 1 heterocycles. The van der Waals surface area contributed by atoms with Crippen molar-refractivity contribution >= 4 is 34.3 Å². The lowest BCUT2D eigenvalue weighted by Crippen LogP contribution is -1.97. The molecule has 0 saturated heterocycles. The SMILES string of the molecule is Clc1ccc(Cn2cc(SCc3ccccc3)c3ccccc32)cc1. The monoisotopic (exact) mass is 363 g/mol. The van der Waals surface area contributed by atoms with Crippen LogP contribution in [0.3, 0.4) is 0 Å². The Morgan fingerprint density at radius 2 is 1.48 bits per heavy atom. The van der Waals surface area contributed by atoms with Gasteiger partial charge in [-0.25, -0.2) is 0 Å². The highest BCUT2D eigenvalue weighted by Gasteiger charge is 2.09. The van der Waals surface area contributed by atoms with Crippen molar-refractivity contribution in [3.05, 3.63) is 101 Å². The number of aromatic nitrogens is 1. The van der Waals surface area contributed by atoms with Crippen LogP contribution in [-0.2, 0) is 12.3 Å². The maximum atomic E-state index is 6.00. The number of halogens is 1. The van der Waals surface area contributed by atoms with Gasteiger partial charge >= 0.3 is 0 Å². The molecule has 3 heteroatoms. The largest absolute Gasteiger partial charge is 0.342 e. The Balaban J connectivity index is 1.63. The van der Waals surface area contributed by atoms with Crippen molar-refractivity contribution < 1.29 is 0 Å². The number of fused-ring (bicyclic) bond motifs is 1. The molecule has 4 aromatic rings. The molecular weight excluding hydrogens is 346 g/mol. The highest BCUT2D eigenvalue weighted by atomic mass is 35.5. The molecule has 0 saturated carbocycles. The van der Waals surface area contributed by atoms with E-state index in [0.29, 0.717) is 0 Å². The standard InChI is InChI=1S/C22H18ClNS/c23-19-12-10-17(11-13-19)14-24-15-22(20-8-4-5-9-21(20)24)25-16-18-6-2-1-3-7-18/h1-13,15H,14,16H2. The zero-order chi connectivity index (χ0) is 17.1. The molecule has 4 rings (SSSR count). The molecule has 0 spiro atoms. The fourth-order valence-corrected chi connectivity index (χ4v) is 4.15. The van der Waals surface area contributed by atoms with E-state index in [1.807, 2.05) is 23.9 Å². The lowest BCUT2D eigenvalue weighted by atomic mass is 10.2. The highest BCUT2D eigenvalue weighted by molar-refractivity contribution is 7.98. The van der Waals surface area contributed by atoms with Gasteiger partial charge in [0, 0.05) is 39.3 Å². The Morgan fingerprint density at radius 3 is 2.28 bits per heavy atom. The second-order valence-electron chi connectivity index (χ2n) is 6.04. The first-order valence-electron chi connectivity index (χ1n) is 8.28. The average molecular weight is 364 g/mol. The first-order valence-corrected chi connectivity index (χ1v) is 9.65. The number of thioether (sulfide) groups is 1. The number of nitrogens with zero attached hydrogens (tertiary/aromatic N) is 1. The van der Waals surface area contributed by atoms with E-state index < -0.39 is 0 Å². The van der Waals surface area contributed by atoms with E-state index in [1.54, 1.807) is 0 Å². The first kappa shape index (κ1) is 16.3. The van der Waals surface area contributed by atoms with Gasteiger partial charge in [0.2, 0.25) is 0 Å². The van der Waals surface area contributed by atoms with Gasteiger partial charge in [-0.05, 0) is 29.3 Å². The lowest BCUT2D eigenvalue weighted by Gasteiger charge is -2.05. The predicted molar refractivity (Wildman–Crippen MR) is 108 cm³/mol. The zero-order valence-corrected chi connectivity index (χ0v) is 15.3. The second kappa shape index (κ2) is 7.38. The molecular formula is C22H18ClNS. The predicted octanol–water partition coefficient (Wildman–Crippen LogP) is 6.64. The van der Waals surface area contributed by atoms with Crippen molar-refractivity contribution in [2.45, 2.75) is 17.2 Å². The third-order valence-corrected chi connectivity index (χ3v) is 5.62. The zero-order valence-electron chi connectivity index (χ0n) is 13.7. The van der Waals surface area contributed by atoms with Gasteiger partial charge in [-0.2, -0.15) is 0 Å². The fourth-order valence-electron chi connectivity index (χ4n) is 2.98. The van der Waals surface area contributed by atoms with E-state index in [-0.39, 0.29) is 0 Å². The maximum Gasteiger partial charge on any atom is 0.0495 e. The Bertz CT molecular complexity index is 974. The summed E-state index contributed by atoms with van der Waals surface area (Å²) in [6.45, 7) is 0.851. The van der Waals surface area contributed by atoms with Crippen molar-refractivity contribution in [2.75, 3.05) is 0 Å². The number of para-hydroxylation sites is 1. The molecule has 0 aliphatic heterocycles. The number of hydrogen-bond donors (Lipinski definition) is 0. The molecule has 0 aliphatic carbocycles. The average Bonchev–Trinajstić information content (AvgIpc) is 3.01. The molecule has 0 radical (unpaired) electrons. The summed E-state index contributed by atoms with van der Waals surface area (Å²) >= 11 is 7.90. The van der Waals surface area contributed by atoms with Gasteiger partial charge in [-0.1, -0.05) is 72.3 Å². The van der Waals surface area contributed by atoms with Crippen molar-refractivity contribution in [1.82, 2.24) is 4.57 Å². The van der Waals surface area contributed by atoms with E-state index in [2.05, 4.69) is 77.5 Å². The van der Waals surface area contributed by atoms with Gasteiger partial charge in [0.15, 0.2) is 0 Å². The van der Waals surface area contributed by atoms with Crippen LogP contribution in [0.5, 0.6) is 0 Å². The maximum absolute atomic E-state index is 6.00. The highest BCUT2D eigenvalue weighted by Crippen LogP contribution is 2.32. The lowest BCUT2D eigenvalue weighted by molar-refractivity contribution is 0.830. The van der Waals surface area contributed by atoms with Crippen LogP contribution in [0.1, 0.15) is 11.1 Å². The van der Waals surface area contributed by atoms with Gasteiger partial charge in [-0.15, -0.1) is 11.8 Å². The second-order valence-corrected chi connectivity index (χ2v) is 7.49. The van der Waals surface area contributed by atoms with E-state index in [0.717, 1.165) is 17.3 Å². The number of benzene rings is 3. The van der Waals surface area contributed by atoms with Crippen molar-refractivity contribution in [2.24, 2.45) is 0 Å². The molecule has 0 N–H and O–H groups in total. The Morgan fingerprint density at radius 1 is 0.760 bits per heavy atom. The van der Waals surface area contributed by atoms with Crippen LogP contribution in [0.25, 0.3) is 10.9 Å². The van der Waals surface area contributed by atoms with Crippen molar-refractivity contribution in [1.29, 1.82) is 0 Å². The van der Waals surface area contributed by atoms with Crippen LogP contribution >= 0.6 is 23.4 Å². The van der Waals surface area contributed by atoms with Gasteiger partial charge in [0.05, 0.1) is 0 Å². The molecule has 0 unspecified atom stereocenters. The molecule has 0 fully saturated rings. The molecule has 25 heavy (non-hydrogen) atoms. The smallest absolute Gasteiger partial charge is 0.0495 e. The Kier molecular flexibility index (Phi) is 4.82. The van der Waals surface area contributed by atoms with E-state index >= 15 is 0 Å². The minimum absolute atomic E-state index is 0.778. The summed E-state index contributed by atoms with van der Waals surface area (Å²) in [5.41, 5.74) is 3.87. The van der Waals surface area contributed by atoms with E-state index in [1.165, 1.54) is 26.9 Å². The van der Waals surface area contributed by atoms with Crippen LogP contribution in [0, 0.1) is 0 Å². The molecule has 1 nitrogen and oxygen atoms in total. The summed E-state index contributed by atoms with van der Waals surface area (Å²) in [4.78, 5) is 1.33. The summed E-state index contributed by atoms with van der Waals surface area (Å²) in [5, 5.41) is 2.10. The van der Waals surface area contributed by atoms with Gasteiger partial charge in [0.1, 0.15) is 0 Å². The number of rotatable bonds is 5. The third-order valence-electron chi connectivity index (χ3n) is 4.26. The minimum atomic E-state index is 0.778. The third kappa shape index (κ3) is 3.76. The normalized spacial score (nSPS) is 11.1. The summed E-state index contributed by atoms with van der Waals surface area (Å²) in [5.74, 6) is 0.982. The quantitative estimate of drug-likeness (QED) is 0.360. The molecule has 0 amide bonds. The summed E-state index contributed by atoms with van der Waals surface area (Å²) < 4.78 is 2.33. The molecule has 0 bridgehead atoms. The van der Waals surface area contributed by atoms with Gasteiger partial charge in [-0.3, -0.25) is 0 Å². The van der Waals surface area contributed by atoms with Crippen molar-refractivity contribution in [3.63, 3.8) is 0 Å².